The molecular weight excluding hydrogens is 250 g/mol. The van der Waals surface area contributed by atoms with Gasteiger partial charge in [0.1, 0.15) is 0 Å². The van der Waals surface area contributed by atoms with Gasteiger partial charge in [0.2, 0.25) is 5.88 Å². The Morgan fingerprint density at radius 3 is 3.00 bits per heavy atom. The lowest BCUT2D eigenvalue weighted by atomic mass is 9.91. The van der Waals surface area contributed by atoms with Gasteiger partial charge in [0, 0.05) is 31.4 Å². The molecule has 1 saturated heterocycles. The summed E-state index contributed by atoms with van der Waals surface area (Å²) in [5, 5.41) is 3.64. The lowest BCUT2D eigenvalue weighted by Crippen LogP contribution is -2.44. The fraction of sp³-hybridized carbons (Fsp3) is 0.688. The van der Waals surface area contributed by atoms with Gasteiger partial charge in [0.15, 0.2) is 0 Å². The third-order valence-electron chi connectivity index (χ3n) is 4.33. The van der Waals surface area contributed by atoms with Crippen LogP contribution in [0.3, 0.4) is 0 Å². The summed E-state index contributed by atoms with van der Waals surface area (Å²) >= 11 is 0. The van der Waals surface area contributed by atoms with E-state index >= 15 is 0 Å². The van der Waals surface area contributed by atoms with Gasteiger partial charge in [-0.2, -0.15) is 0 Å². The second kappa shape index (κ2) is 7.60. The van der Waals surface area contributed by atoms with E-state index in [-0.39, 0.29) is 0 Å². The van der Waals surface area contributed by atoms with Crippen molar-refractivity contribution >= 4 is 0 Å². The van der Waals surface area contributed by atoms with Crippen molar-refractivity contribution in [2.75, 3.05) is 26.7 Å². The zero-order valence-corrected chi connectivity index (χ0v) is 12.9. The molecule has 2 atom stereocenters. The number of nitrogens with zero attached hydrogens (tertiary/aromatic N) is 2. The molecule has 1 aromatic rings. The molecule has 1 aromatic heterocycles. The highest BCUT2D eigenvalue weighted by Crippen LogP contribution is 2.19. The quantitative estimate of drug-likeness (QED) is 0.866. The van der Waals surface area contributed by atoms with Crippen LogP contribution in [0, 0.1) is 5.92 Å². The summed E-state index contributed by atoms with van der Waals surface area (Å²) in [5.74, 6) is 1.43. The molecular formula is C16H27N3O. The first-order valence-corrected chi connectivity index (χ1v) is 7.67. The summed E-state index contributed by atoms with van der Waals surface area (Å²) in [6, 6.07) is 4.54. The van der Waals surface area contributed by atoms with Crippen molar-refractivity contribution in [1.29, 1.82) is 0 Å². The maximum Gasteiger partial charge on any atom is 0.212 e. The van der Waals surface area contributed by atoms with Crippen LogP contribution in [0.2, 0.25) is 0 Å². The molecule has 4 heteroatoms. The van der Waals surface area contributed by atoms with Gasteiger partial charge >= 0.3 is 0 Å². The molecule has 0 radical (unpaired) electrons. The Kier molecular flexibility index (Phi) is 5.80. The van der Waals surface area contributed by atoms with Gasteiger partial charge < -0.3 is 15.0 Å². The van der Waals surface area contributed by atoms with Crippen LogP contribution >= 0.6 is 0 Å². The fourth-order valence-corrected chi connectivity index (χ4v) is 2.87. The Morgan fingerprint density at radius 1 is 1.50 bits per heavy atom. The van der Waals surface area contributed by atoms with Gasteiger partial charge in [-0.25, -0.2) is 4.98 Å². The molecule has 1 N–H and O–H groups in total. The number of hydrogen-bond donors (Lipinski definition) is 1. The molecule has 112 valence electrons. The van der Waals surface area contributed by atoms with E-state index < -0.39 is 0 Å². The molecule has 1 aliphatic rings. The van der Waals surface area contributed by atoms with Crippen molar-refractivity contribution in [3.8, 4) is 5.88 Å². The van der Waals surface area contributed by atoms with E-state index in [1.165, 1.54) is 38.0 Å². The lowest BCUT2D eigenvalue weighted by Gasteiger charge is -2.35. The van der Waals surface area contributed by atoms with Crippen LogP contribution in [0.1, 0.15) is 32.3 Å². The summed E-state index contributed by atoms with van der Waals surface area (Å²) < 4.78 is 5.08. The molecule has 0 spiro atoms. The van der Waals surface area contributed by atoms with Gasteiger partial charge in [-0.1, -0.05) is 13.0 Å². The number of methoxy groups -OCH3 is 1. The standard InChI is InChI=1S/C16H27N3O/c1-4-19-9-5-6-15(12-19)13(2)17-10-14-7-8-16(20-3)18-11-14/h7-8,11,13,15,17H,4-6,9-10,12H2,1-3H3. The highest BCUT2D eigenvalue weighted by Gasteiger charge is 2.23. The molecule has 0 aliphatic carbocycles. The number of aromatic nitrogens is 1. The minimum atomic E-state index is 0.548. The maximum atomic E-state index is 5.08. The number of hydrogen-bond acceptors (Lipinski definition) is 4. The van der Waals surface area contributed by atoms with Crippen LogP contribution in [0.4, 0.5) is 0 Å². The van der Waals surface area contributed by atoms with E-state index in [0.29, 0.717) is 11.9 Å². The van der Waals surface area contributed by atoms with Gasteiger partial charge in [0.05, 0.1) is 7.11 Å². The van der Waals surface area contributed by atoms with E-state index in [1.54, 1.807) is 7.11 Å². The number of nitrogens with one attached hydrogen (secondary N) is 1. The summed E-state index contributed by atoms with van der Waals surface area (Å²) in [4.78, 5) is 6.80. The van der Waals surface area contributed by atoms with Crippen LogP contribution in [-0.4, -0.2) is 42.7 Å². The average Bonchev–Trinajstić information content (AvgIpc) is 2.53. The van der Waals surface area contributed by atoms with Crippen molar-refractivity contribution in [2.45, 2.75) is 39.3 Å². The van der Waals surface area contributed by atoms with Crippen molar-refractivity contribution in [3.05, 3.63) is 23.9 Å². The van der Waals surface area contributed by atoms with Gasteiger partial charge in [-0.15, -0.1) is 0 Å². The molecule has 0 saturated carbocycles. The van der Waals surface area contributed by atoms with Crippen molar-refractivity contribution in [2.24, 2.45) is 5.92 Å². The third-order valence-corrected chi connectivity index (χ3v) is 4.33. The second-order valence-electron chi connectivity index (χ2n) is 5.67. The van der Waals surface area contributed by atoms with Crippen LogP contribution in [0.15, 0.2) is 18.3 Å². The maximum absolute atomic E-state index is 5.08. The Bertz CT molecular complexity index is 393. The van der Waals surface area contributed by atoms with Gasteiger partial charge in [-0.05, 0) is 44.3 Å². The Hall–Kier alpha value is -1.13. The Morgan fingerprint density at radius 2 is 2.35 bits per heavy atom. The molecule has 0 aromatic carbocycles. The van der Waals surface area contributed by atoms with Crippen molar-refractivity contribution in [1.82, 2.24) is 15.2 Å². The minimum absolute atomic E-state index is 0.548. The highest BCUT2D eigenvalue weighted by atomic mass is 16.5. The van der Waals surface area contributed by atoms with Gasteiger partial charge in [0.25, 0.3) is 0 Å². The summed E-state index contributed by atoms with van der Waals surface area (Å²) in [5.41, 5.74) is 1.21. The van der Waals surface area contributed by atoms with Crippen LogP contribution in [-0.2, 0) is 6.54 Å². The molecule has 2 unspecified atom stereocenters. The number of piperidine rings is 1. The first kappa shape index (κ1) is 15.3. The third kappa shape index (κ3) is 4.18. The topological polar surface area (TPSA) is 37.4 Å². The average molecular weight is 277 g/mol. The highest BCUT2D eigenvalue weighted by molar-refractivity contribution is 5.17. The van der Waals surface area contributed by atoms with Crippen LogP contribution < -0.4 is 10.1 Å². The van der Waals surface area contributed by atoms with E-state index in [1.807, 2.05) is 12.3 Å². The molecule has 4 nitrogen and oxygen atoms in total. The SMILES string of the molecule is CCN1CCCC(C(C)NCc2ccc(OC)nc2)C1. The monoisotopic (exact) mass is 277 g/mol. The van der Waals surface area contributed by atoms with Gasteiger partial charge in [-0.3, -0.25) is 0 Å². The second-order valence-corrected chi connectivity index (χ2v) is 5.67. The van der Waals surface area contributed by atoms with Crippen LogP contribution in [0.5, 0.6) is 5.88 Å². The van der Waals surface area contributed by atoms with Crippen molar-refractivity contribution < 1.29 is 4.74 Å². The number of pyridine rings is 1. The van der Waals surface area contributed by atoms with Crippen molar-refractivity contribution in [3.63, 3.8) is 0 Å². The first-order chi connectivity index (χ1) is 9.72. The zero-order chi connectivity index (χ0) is 14.4. The van der Waals surface area contributed by atoms with E-state index in [9.17, 15) is 0 Å². The first-order valence-electron chi connectivity index (χ1n) is 7.67. The Balaban J connectivity index is 1.80. The summed E-state index contributed by atoms with van der Waals surface area (Å²) in [6.07, 6.45) is 4.55. The Labute approximate surface area is 122 Å². The molecule has 20 heavy (non-hydrogen) atoms. The van der Waals surface area contributed by atoms with E-state index in [0.717, 1.165) is 12.5 Å². The number of rotatable bonds is 6. The van der Waals surface area contributed by atoms with Crippen LogP contribution in [0.25, 0.3) is 0 Å². The number of likely N-dealkylation sites (tertiary alicyclic amines) is 1. The molecule has 2 heterocycles. The molecule has 2 rings (SSSR count). The van der Waals surface area contributed by atoms with E-state index in [2.05, 4.69) is 35.1 Å². The molecule has 1 aliphatic heterocycles. The predicted molar refractivity (Wildman–Crippen MR) is 81.9 cm³/mol. The number of ether oxygens (including phenoxy) is 1. The predicted octanol–water partition coefficient (Wildman–Crippen LogP) is 2.30. The lowest BCUT2D eigenvalue weighted by molar-refractivity contribution is 0.157. The summed E-state index contributed by atoms with van der Waals surface area (Å²) in [7, 11) is 1.64. The molecule has 0 bridgehead atoms. The largest absolute Gasteiger partial charge is 0.481 e. The summed E-state index contributed by atoms with van der Waals surface area (Å²) in [6.45, 7) is 9.10. The fourth-order valence-electron chi connectivity index (χ4n) is 2.87. The normalized spacial score (nSPS) is 21.6. The minimum Gasteiger partial charge on any atom is -0.481 e. The smallest absolute Gasteiger partial charge is 0.212 e. The van der Waals surface area contributed by atoms with E-state index in [4.69, 9.17) is 4.74 Å². The molecule has 1 fully saturated rings. The molecule has 0 amide bonds. The zero-order valence-electron chi connectivity index (χ0n) is 12.9.